The van der Waals surface area contributed by atoms with E-state index in [1.807, 2.05) is 54.6 Å². The number of carbonyl (C=O) groups excluding carboxylic acids is 2. The molecule has 2 aromatic rings. The minimum atomic E-state index is -0.145. The second kappa shape index (κ2) is 11.3. The van der Waals surface area contributed by atoms with Crippen LogP contribution in [0.15, 0.2) is 48.5 Å². The number of nitrogens with zero attached hydrogens (tertiary/aromatic N) is 1. The summed E-state index contributed by atoms with van der Waals surface area (Å²) in [5.74, 6) is -0.180. The molecule has 3 rings (SSSR count). The van der Waals surface area contributed by atoms with Gasteiger partial charge in [0.05, 0.1) is 18.8 Å². The minimum Gasteiger partial charge on any atom is -0.396 e. The third kappa shape index (κ3) is 6.02. The van der Waals surface area contributed by atoms with Crippen LogP contribution < -0.4 is 10.2 Å². The van der Waals surface area contributed by atoms with Crippen molar-refractivity contribution in [2.75, 3.05) is 31.3 Å². The number of hydrogen-bond acceptors (Lipinski definition) is 4. The lowest BCUT2D eigenvalue weighted by molar-refractivity contribution is -0.122. The standard InChI is InChI=1S/C24H28N2O4/c27-15-5-16-30-17-13-23(28)25-14-12-24(29)26-18-21-8-2-1-6-19(21)10-11-20-7-3-4-9-22(20)26/h1-4,6-11,27H,5,12-18H2,(H,25,28)/b11-10-. The summed E-state index contributed by atoms with van der Waals surface area (Å²) in [5.41, 5.74) is 4.04. The molecule has 0 saturated heterocycles. The maximum absolute atomic E-state index is 13.1. The van der Waals surface area contributed by atoms with Crippen LogP contribution in [-0.4, -0.2) is 43.3 Å². The first kappa shape index (κ1) is 21.7. The van der Waals surface area contributed by atoms with Gasteiger partial charge in [0.25, 0.3) is 0 Å². The molecule has 0 atom stereocenters. The van der Waals surface area contributed by atoms with Crippen molar-refractivity contribution in [2.24, 2.45) is 0 Å². The Morgan fingerprint density at radius 3 is 2.53 bits per heavy atom. The molecule has 158 valence electrons. The van der Waals surface area contributed by atoms with Gasteiger partial charge in [0.2, 0.25) is 11.8 Å². The maximum atomic E-state index is 13.1. The van der Waals surface area contributed by atoms with E-state index in [2.05, 4.69) is 11.4 Å². The number of amides is 2. The Bertz CT molecular complexity index is 894. The molecule has 0 aliphatic carbocycles. The fraction of sp³-hybridized carbons (Fsp3) is 0.333. The van der Waals surface area contributed by atoms with Crippen LogP contribution in [0.3, 0.4) is 0 Å². The van der Waals surface area contributed by atoms with Crippen LogP contribution in [0.4, 0.5) is 5.69 Å². The fourth-order valence-electron chi connectivity index (χ4n) is 3.34. The Labute approximate surface area is 177 Å². The molecule has 0 aromatic heterocycles. The van der Waals surface area contributed by atoms with E-state index >= 15 is 0 Å². The van der Waals surface area contributed by atoms with E-state index < -0.39 is 0 Å². The third-order valence-corrected chi connectivity index (χ3v) is 4.94. The predicted octanol–water partition coefficient (Wildman–Crippen LogP) is 3.00. The van der Waals surface area contributed by atoms with E-state index in [-0.39, 0.29) is 37.8 Å². The molecule has 6 heteroatoms. The number of anilines is 1. The zero-order valence-electron chi connectivity index (χ0n) is 17.0. The number of nitrogens with one attached hydrogen (secondary N) is 1. The highest BCUT2D eigenvalue weighted by molar-refractivity contribution is 5.97. The molecule has 2 amide bonds. The van der Waals surface area contributed by atoms with Gasteiger partial charge in [0, 0.05) is 32.6 Å². The quantitative estimate of drug-likeness (QED) is 0.625. The molecule has 0 saturated carbocycles. The zero-order valence-corrected chi connectivity index (χ0v) is 17.0. The predicted molar refractivity (Wildman–Crippen MR) is 118 cm³/mol. The molecule has 0 fully saturated rings. The molecule has 0 bridgehead atoms. The van der Waals surface area contributed by atoms with E-state index in [1.165, 1.54) is 0 Å². The fourth-order valence-corrected chi connectivity index (χ4v) is 3.34. The van der Waals surface area contributed by atoms with E-state index in [0.29, 0.717) is 26.2 Å². The van der Waals surface area contributed by atoms with Gasteiger partial charge in [-0.15, -0.1) is 0 Å². The van der Waals surface area contributed by atoms with E-state index in [9.17, 15) is 9.59 Å². The largest absolute Gasteiger partial charge is 0.396 e. The van der Waals surface area contributed by atoms with Gasteiger partial charge in [-0.1, -0.05) is 54.6 Å². The number of rotatable bonds is 9. The lowest BCUT2D eigenvalue weighted by Gasteiger charge is -2.27. The van der Waals surface area contributed by atoms with E-state index in [1.54, 1.807) is 4.90 Å². The van der Waals surface area contributed by atoms with Crippen molar-refractivity contribution in [3.8, 4) is 0 Å². The Balaban J connectivity index is 1.60. The molecular weight excluding hydrogens is 380 g/mol. The first-order chi connectivity index (χ1) is 14.7. The van der Waals surface area contributed by atoms with Gasteiger partial charge in [-0.05, 0) is 29.2 Å². The van der Waals surface area contributed by atoms with Gasteiger partial charge >= 0.3 is 0 Å². The van der Waals surface area contributed by atoms with Gasteiger partial charge in [-0.3, -0.25) is 9.59 Å². The molecule has 30 heavy (non-hydrogen) atoms. The van der Waals surface area contributed by atoms with Crippen molar-refractivity contribution in [1.29, 1.82) is 0 Å². The summed E-state index contributed by atoms with van der Waals surface area (Å²) in [6, 6.07) is 15.9. The number of fused-ring (bicyclic) bond motifs is 2. The number of para-hydroxylation sites is 1. The van der Waals surface area contributed by atoms with Crippen LogP contribution in [0.1, 0.15) is 36.0 Å². The van der Waals surface area contributed by atoms with Crippen LogP contribution in [0, 0.1) is 0 Å². The van der Waals surface area contributed by atoms with Crippen LogP contribution in [0.5, 0.6) is 0 Å². The highest BCUT2D eigenvalue weighted by Crippen LogP contribution is 2.29. The number of aliphatic hydroxyl groups is 1. The number of hydrogen-bond donors (Lipinski definition) is 2. The van der Waals surface area contributed by atoms with E-state index in [0.717, 1.165) is 22.4 Å². The van der Waals surface area contributed by atoms with E-state index in [4.69, 9.17) is 9.84 Å². The highest BCUT2D eigenvalue weighted by atomic mass is 16.5. The number of aliphatic hydroxyl groups excluding tert-OH is 1. The molecule has 6 nitrogen and oxygen atoms in total. The lowest BCUT2D eigenvalue weighted by Crippen LogP contribution is -2.35. The molecule has 1 aliphatic heterocycles. The minimum absolute atomic E-state index is 0.0351. The summed E-state index contributed by atoms with van der Waals surface area (Å²) in [5, 5.41) is 11.5. The second-order valence-corrected chi connectivity index (χ2v) is 7.11. The van der Waals surface area contributed by atoms with Gasteiger partial charge in [0.15, 0.2) is 0 Å². The summed E-state index contributed by atoms with van der Waals surface area (Å²) in [7, 11) is 0. The SMILES string of the molecule is O=C(CCOCCCO)NCCC(=O)N1Cc2ccccc2/C=C\c2ccccc21. The summed E-state index contributed by atoms with van der Waals surface area (Å²) >= 11 is 0. The van der Waals surface area contributed by atoms with Crippen LogP contribution in [0.2, 0.25) is 0 Å². The Hall–Kier alpha value is -2.96. The Morgan fingerprint density at radius 1 is 0.967 bits per heavy atom. The summed E-state index contributed by atoms with van der Waals surface area (Å²) < 4.78 is 5.26. The first-order valence-corrected chi connectivity index (χ1v) is 10.3. The van der Waals surface area contributed by atoms with Crippen LogP contribution in [0.25, 0.3) is 12.2 Å². The monoisotopic (exact) mass is 408 g/mol. The molecule has 0 spiro atoms. The Morgan fingerprint density at radius 2 is 1.70 bits per heavy atom. The molecule has 2 N–H and O–H groups in total. The van der Waals surface area contributed by atoms with Crippen molar-refractivity contribution >= 4 is 29.7 Å². The molecule has 0 radical (unpaired) electrons. The molecule has 1 heterocycles. The van der Waals surface area contributed by atoms with Crippen molar-refractivity contribution in [2.45, 2.75) is 25.8 Å². The van der Waals surface area contributed by atoms with Gasteiger partial charge in [-0.2, -0.15) is 0 Å². The summed E-state index contributed by atoms with van der Waals surface area (Å²) in [4.78, 5) is 26.8. The zero-order chi connectivity index (χ0) is 21.2. The first-order valence-electron chi connectivity index (χ1n) is 10.3. The van der Waals surface area contributed by atoms with Crippen molar-refractivity contribution in [3.63, 3.8) is 0 Å². The molecule has 2 aromatic carbocycles. The van der Waals surface area contributed by atoms with Gasteiger partial charge in [0.1, 0.15) is 0 Å². The van der Waals surface area contributed by atoms with Crippen molar-refractivity contribution in [3.05, 3.63) is 65.2 Å². The molecule has 0 unspecified atom stereocenters. The summed E-state index contributed by atoms with van der Waals surface area (Å²) in [6.45, 7) is 1.59. The second-order valence-electron chi connectivity index (χ2n) is 7.11. The average molecular weight is 408 g/mol. The number of benzene rings is 2. The molecular formula is C24H28N2O4. The molecule has 1 aliphatic rings. The van der Waals surface area contributed by atoms with Gasteiger partial charge < -0.3 is 20.1 Å². The maximum Gasteiger partial charge on any atom is 0.229 e. The number of carbonyl (C=O) groups is 2. The normalized spacial score (nSPS) is 13.6. The van der Waals surface area contributed by atoms with Crippen LogP contribution >= 0.6 is 0 Å². The lowest BCUT2D eigenvalue weighted by atomic mass is 10.0. The number of ether oxygens (including phenoxy) is 1. The van der Waals surface area contributed by atoms with Crippen molar-refractivity contribution < 1.29 is 19.4 Å². The smallest absolute Gasteiger partial charge is 0.229 e. The van der Waals surface area contributed by atoms with Gasteiger partial charge in [-0.25, -0.2) is 0 Å². The Kier molecular flexibility index (Phi) is 8.18. The average Bonchev–Trinajstić information content (AvgIpc) is 2.75. The topological polar surface area (TPSA) is 78.9 Å². The van der Waals surface area contributed by atoms with Crippen molar-refractivity contribution in [1.82, 2.24) is 5.32 Å². The van der Waals surface area contributed by atoms with Crippen LogP contribution in [-0.2, 0) is 20.9 Å². The summed E-state index contributed by atoms with van der Waals surface area (Å²) in [6.07, 6.45) is 5.14. The third-order valence-electron chi connectivity index (χ3n) is 4.94. The highest BCUT2D eigenvalue weighted by Gasteiger charge is 2.20.